The fraction of sp³-hybridized carbons (Fsp3) is 0.385. The summed E-state index contributed by atoms with van der Waals surface area (Å²) in [6, 6.07) is 3.92. The van der Waals surface area contributed by atoms with Crippen LogP contribution in [0.1, 0.15) is 11.3 Å². The average Bonchev–Trinajstić information content (AvgIpc) is 2.44. The Balaban J connectivity index is 2.03. The van der Waals surface area contributed by atoms with Crippen molar-refractivity contribution in [1.82, 2.24) is 18.6 Å². The van der Waals surface area contributed by atoms with Gasteiger partial charge < -0.3 is 0 Å². The van der Waals surface area contributed by atoms with Crippen LogP contribution < -0.4 is 0 Å². The molecule has 0 saturated heterocycles. The monoisotopic (exact) mass is 370 g/mol. The number of nitrogens with zero attached hydrogens (tertiary/aromatic N) is 4. The first-order valence-corrected chi connectivity index (χ1v) is 8.68. The number of rotatable bonds is 2. The molecule has 0 N–H and O–H groups in total. The van der Waals surface area contributed by atoms with Crippen molar-refractivity contribution >= 4 is 37.2 Å². The van der Waals surface area contributed by atoms with E-state index in [2.05, 4.69) is 25.9 Å². The molecule has 6 nitrogen and oxygen atoms in total. The van der Waals surface area contributed by atoms with Crippen LogP contribution in [0.4, 0.5) is 0 Å². The minimum Gasteiger partial charge on any atom is -0.235 e. The third-order valence-electron chi connectivity index (χ3n) is 3.54. The van der Waals surface area contributed by atoms with Gasteiger partial charge in [0.2, 0.25) is 0 Å². The zero-order chi connectivity index (χ0) is 15.2. The molecule has 0 amide bonds. The van der Waals surface area contributed by atoms with E-state index in [-0.39, 0.29) is 0 Å². The zero-order valence-electron chi connectivity index (χ0n) is 11.7. The van der Waals surface area contributed by atoms with E-state index in [1.807, 2.05) is 12.1 Å². The van der Waals surface area contributed by atoms with Crippen molar-refractivity contribution in [2.24, 2.45) is 0 Å². The van der Waals surface area contributed by atoms with Crippen molar-refractivity contribution < 1.29 is 8.42 Å². The second kappa shape index (κ2) is 5.28. The van der Waals surface area contributed by atoms with Crippen LogP contribution >= 0.6 is 15.9 Å². The van der Waals surface area contributed by atoms with Gasteiger partial charge in [-0.1, -0.05) is 0 Å². The fourth-order valence-electron chi connectivity index (χ4n) is 2.40. The van der Waals surface area contributed by atoms with Crippen molar-refractivity contribution in [3.8, 4) is 0 Å². The molecule has 21 heavy (non-hydrogen) atoms. The smallest absolute Gasteiger partial charge is 0.235 e. The van der Waals surface area contributed by atoms with E-state index in [1.165, 1.54) is 8.61 Å². The number of aromatic nitrogens is 2. The van der Waals surface area contributed by atoms with Gasteiger partial charge in [-0.05, 0) is 33.6 Å². The second-order valence-electron chi connectivity index (χ2n) is 5.17. The van der Waals surface area contributed by atoms with E-state index in [0.717, 1.165) is 21.1 Å². The summed E-state index contributed by atoms with van der Waals surface area (Å²) < 4.78 is 28.0. The van der Waals surface area contributed by atoms with Crippen LogP contribution in [0.25, 0.3) is 11.0 Å². The van der Waals surface area contributed by atoms with E-state index >= 15 is 0 Å². The van der Waals surface area contributed by atoms with Gasteiger partial charge in [-0.15, -0.1) is 0 Å². The lowest BCUT2D eigenvalue weighted by atomic mass is 10.1. The molecule has 2 aromatic rings. The molecule has 8 heteroatoms. The Morgan fingerprint density at radius 3 is 2.81 bits per heavy atom. The van der Waals surface area contributed by atoms with Crippen LogP contribution in [-0.4, -0.2) is 47.6 Å². The first-order chi connectivity index (χ1) is 9.88. The molecule has 0 saturated carbocycles. The van der Waals surface area contributed by atoms with Gasteiger partial charge in [0.15, 0.2) is 5.65 Å². The summed E-state index contributed by atoms with van der Waals surface area (Å²) in [4.78, 5) is 8.84. The van der Waals surface area contributed by atoms with Gasteiger partial charge in [0.25, 0.3) is 10.2 Å². The van der Waals surface area contributed by atoms with Crippen LogP contribution in [0.2, 0.25) is 0 Å². The lowest BCUT2D eigenvalue weighted by Crippen LogP contribution is -2.42. The van der Waals surface area contributed by atoms with E-state index in [0.29, 0.717) is 25.2 Å². The SMILES string of the molecule is CN(C)S(=O)(=O)N1CCc2nc3ncc(Br)cc3cc2C1. The van der Waals surface area contributed by atoms with Gasteiger partial charge in [0, 0.05) is 55.4 Å². The van der Waals surface area contributed by atoms with Gasteiger partial charge in [-0.2, -0.15) is 17.0 Å². The van der Waals surface area contributed by atoms with Gasteiger partial charge >= 0.3 is 0 Å². The Morgan fingerprint density at radius 2 is 2.10 bits per heavy atom. The Bertz CT molecular complexity index is 807. The molecular formula is C13H15BrN4O2S. The summed E-state index contributed by atoms with van der Waals surface area (Å²) in [6.07, 6.45) is 2.32. The lowest BCUT2D eigenvalue weighted by Gasteiger charge is -2.29. The third kappa shape index (κ3) is 2.68. The van der Waals surface area contributed by atoms with Crippen molar-refractivity contribution in [1.29, 1.82) is 0 Å². The summed E-state index contributed by atoms with van der Waals surface area (Å²) >= 11 is 3.39. The van der Waals surface area contributed by atoms with E-state index < -0.39 is 10.2 Å². The van der Waals surface area contributed by atoms with Gasteiger partial charge in [0.1, 0.15) is 0 Å². The summed E-state index contributed by atoms with van der Waals surface area (Å²) in [6.45, 7) is 0.799. The van der Waals surface area contributed by atoms with E-state index in [1.54, 1.807) is 20.3 Å². The molecular weight excluding hydrogens is 356 g/mol. The van der Waals surface area contributed by atoms with Gasteiger partial charge in [-0.3, -0.25) is 0 Å². The van der Waals surface area contributed by atoms with Crippen molar-refractivity contribution in [2.75, 3.05) is 20.6 Å². The molecule has 0 fully saturated rings. The number of hydrogen-bond acceptors (Lipinski definition) is 4. The molecule has 1 aliphatic heterocycles. The van der Waals surface area contributed by atoms with E-state index in [4.69, 9.17) is 0 Å². The second-order valence-corrected chi connectivity index (χ2v) is 8.23. The predicted octanol–water partition coefficient (Wildman–Crippen LogP) is 1.56. The topological polar surface area (TPSA) is 66.4 Å². The highest BCUT2D eigenvalue weighted by atomic mass is 79.9. The number of halogens is 1. The van der Waals surface area contributed by atoms with Crippen LogP contribution in [0.5, 0.6) is 0 Å². The third-order valence-corrected chi connectivity index (χ3v) is 5.86. The normalized spacial score (nSPS) is 16.4. The van der Waals surface area contributed by atoms with Crippen LogP contribution in [0.15, 0.2) is 22.8 Å². The summed E-state index contributed by atoms with van der Waals surface area (Å²) in [5.41, 5.74) is 2.57. The van der Waals surface area contributed by atoms with Crippen LogP contribution in [0, 0.1) is 0 Å². The molecule has 3 heterocycles. The molecule has 0 spiro atoms. The van der Waals surface area contributed by atoms with Gasteiger partial charge in [-0.25, -0.2) is 9.97 Å². The molecule has 0 aromatic carbocycles. The molecule has 0 atom stereocenters. The highest BCUT2D eigenvalue weighted by Crippen LogP contribution is 2.25. The maximum absolute atomic E-state index is 12.2. The molecule has 112 valence electrons. The molecule has 0 bridgehead atoms. The Labute approximate surface area is 132 Å². The summed E-state index contributed by atoms with van der Waals surface area (Å²) in [5, 5.41) is 0.909. The molecule has 2 aromatic heterocycles. The number of hydrogen-bond donors (Lipinski definition) is 0. The molecule has 0 radical (unpaired) electrons. The molecule has 0 aliphatic carbocycles. The van der Waals surface area contributed by atoms with Gasteiger partial charge in [0.05, 0.1) is 0 Å². The fourth-order valence-corrected chi connectivity index (χ4v) is 3.83. The minimum absolute atomic E-state index is 0.352. The highest BCUT2D eigenvalue weighted by Gasteiger charge is 2.29. The minimum atomic E-state index is -3.39. The zero-order valence-corrected chi connectivity index (χ0v) is 14.1. The Kier molecular flexibility index (Phi) is 3.73. The first kappa shape index (κ1) is 14.8. The maximum Gasteiger partial charge on any atom is 0.281 e. The Morgan fingerprint density at radius 1 is 1.33 bits per heavy atom. The first-order valence-electron chi connectivity index (χ1n) is 6.49. The largest absolute Gasteiger partial charge is 0.281 e. The molecule has 0 unspecified atom stereocenters. The number of pyridine rings is 2. The Hall–Kier alpha value is -1.09. The lowest BCUT2D eigenvalue weighted by molar-refractivity contribution is 0.356. The van der Waals surface area contributed by atoms with E-state index in [9.17, 15) is 8.42 Å². The average molecular weight is 371 g/mol. The van der Waals surface area contributed by atoms with Crippen LogP contribution in [0.3, 0.4) is 0 Å². The molecule has 1 aliphatic rings. The summed E-state index contributed by atoms with van der Waals surface area (Å²) in [7, 11) is -0.298. The molecule has 3 rings (SSSR count). The van der Waals surface area contributed by atoms with Crippen molar-refractivity contribution in [2.45, 2.75) is 13.0 Å². The predicted molar refractivity (Wildman–Crippen MR) is 84.0 cm³/mol. The van der Waals surface area contributed by atoms with Crippen molar-refractivity contribution in [3.05, 3.63) is 34.1 Å². The number of fused-ring (bicyclic) bond motifs is 2. The van der Waals surface area contributed by atoms with Crippen LogP contribution in [-0.2, 0) is 23.2 Å². The maximum atomic E-state index is 12.2. The highest BCUT2D eigenvalue weighted by molar-refractivity contribution is 9.10. The summed E-state index contributed by atoms with van der Waals surface area (Å²) in [5.74, 6) is 0. The quantitative estimate of drug-likeness (QED) is 0.804. The van der Waals surface area contributed by atoms with Crippen molar-refractivity contribution in [3.63, 3.8) is 0 Å². The standard InChI is InChI=1S/C13H15BrN4O2S/c1-17(2)21(19,20)18-4-3-12-10(8-18)5-9-6-11(14)7-15-13(9)16-12/h5-7H,3-4,8H2,1-2H3.